The quantitative estimate of drug-likeness (QED) is 0.514. The number of nitriles is 1. The summed E-state index contributed by atoms with van der Waals surface area (Å²) in [7, 11) is 0. The summed E-state index contributed by atoms with van der Waals surface area (Å²) in [6.07, 6.45) is 0. The molecule has 0 unspecified atom stereocenters. The summed E-state index contributed by atoms with van der Waals surface area (Å²) < 4.78 is 1.49. The molecule has 29 heavy (non-hydrogen) atoms. The molecule has 2 heterocycles. The van der Waals surface area contributed by atoms with Gasteiger partial charge in [-0.15, -0.1) is 11.3 Å². The van der Waals surface area contributed by atoms with Crippen molar-refractivity contribution in [2.75, 3.05) is 5.32 Å². The number of aromatic nitrogens is 1. The zero-order valence-electron chi connectivity index (χ0n) is 14.4. The molecule has 6 nitrogen and oxygen atoms in total. The van der Waals surface area contributed by atoms with Gasteiger partial charge >= 0.3 is 24.8 Å². The third-order valence-corrected chi connectivity index (χ3v) is 5.44. The summed E-state index contributed by atoms with van der Waals surface area (Å²) in [5.74, 6) is -1.11. The van der Waals surface area contributed by atoms with E-state index < -0.39 is 5.97 Å². The maximum absolute atomic E-state index is 12.5. The Kier molecular flexibility index (Phi) is 5.91. The SMILES string of the molecule is N#Cc1ccccc1Nc1c(C(=O)O)sc2c1ccc(=O)n2-c1ccccc1.[LiH]. The van der Waals surface area contributed by atoms with Crippen molar-refractivity contribution in [3.63, 3.8) is 0 Å². The second-order valence-corrected chi connectivity index (χ2v) is 6.95. The van der Waals surface area contributed by atoms with Gasteiger partial charge in [-0.05, 0) is 30.3 Å². The Labute approximate surface area is 181 Å². The fourth-order valence-electron chi connectivity index (χ4n) is 3.00. The number of rotatable bonds is 4. The van der Waals surface area contributed by atoms with E-state index in [2.05, 4.69) is 11.4 Å². The molecule has 0 saturated carbocycles. The molecule has 0 aliphatic carbocycles. The molecule has 0 spiro atoms. The number of para-hydroxylation sites is 2. The Morgan fingerprint density at radius 3 is 2.41 bits per heavy atom. The van der Waals surface area contributed by atoms with E-state index in [0.29, 0.717) is 32.8 Å². The normalized spacial score (nSPS) is 10.2. The topological polar surface area (TPSA) is 95.1 Å². The van der Waals surface area contributed by atoms with Crippen LogP contribution in [0.1, 0.15) is 15.2 Å². The van der Waals surface area contributed by atoms with Crippen molar-refractivity contribution >= 4 is 57.8 Å². The number of benzene rings is 2. The Balaban J connectivity index is 0.00000240. The van der Waals surface area contributed by atoms with Crippen molar-refractivity contribution in [1.29, 1.82) is 5.26 Å². The van der Waals surface area contributed by atoms with Gasteiger partial charge in [0.25, 0.3) is 5.56 Å². The average molecular weight is 395 g/mol. The minimum absolute atomic E-state index is 0. The van der Waals surface area contributed by atoms with E-state index in [4.69, 9.17) is 0 Å². The monoisotopic (exact) mass is 395 g/mol. The van der Waals surface area contributed by atoms with Gasteiger partial charge in [-0.25, -0.2) is 4.79 Å². The number of fused-ring (bicyclic) bond motifs is 1. The van der Waals surface area contributed by atoms with Crippen LogP contribution in [0.4, 0.5) is 11.4 Å². The zero-order chi connectivity index (χ0) is 19.7. The standard InChI is InChI=1S/C21H13N3O3S.Li.H/c22-12-13-6-4-5-9-16(13)23-18-15-10-11-17(25)24(14-7-2-1-3-8-14)20(15)28-19(18)21(26)27;;/h1-11,23H,(H,26,27);;. The Morgan fingerprint density at radius 2 is 1.72 bits per heavy atom. The van der Waals surface area contributed by atoms with Crippen LogP contribution in [0.3, 0.4) is 0 Å². The second kappa shape index (κ2) is 8.38. The number of pyridine rings is 1. The number of hydrogen-bond donors (Lipinski definition) is 2. The van der Waals surface area contributed by atoms with Gasteiger partial charge in [-0.3, -0.25) is 9.36 Å². The summed E-state index contributed by atoms with van der Waals surface area (Å²) in [6, 6.07) is 21.0. The van der Waals surface area contributed by atoms with Crippen molar-refractivity contribution < 1.29 is 9.90 Å². The van der Waals surface area contributed by atoms with Gasteiger partial charge < -0.3 is 10.4 Å². The molecule has 0 saturated heterocycles. The van der Waals surface area contributed by atoms with Crippen LogP contribution in [0.25, 0.3) is 15.9 Å². The van der Waals surface area contributed by atoms with E-state index in [0.717, 1.165) is 11.3 Å². The van der Waals surface area contributed by atoms with Crippen LogP contribution < -0.4 is 10.9 Å². The summed E-state index contributed by atoms with van der Waals surface area (Å²) in [5.41, 5.74) is 1.67. The summed E-state index contributed by atoms with van der Waals surface area (Å²) in [6.45, 7) is 0. The molecule has 0 bridgehead atoms. The first kappa shape index (κ1) is 20.4. The van der Waals surface area contributed by atoms with E-state index in [1.165, 1.54) is 10.6 Å². The molecule has 0 amide bonds. The van der Waals surface area contributed by atoms with Gasteiger partial charge in [0.2, 0.25) is 0 Å². The first-order valence-corrected chi connectivity index (χ1v) is 9.15. The van der Waals surface area contributed by atoms with Crippen LogP contribution >= 0.6 is 11.3 Å². The molecule has 2 N–H and O–H groups in total. The Hall–Kier alpha value is -3.29. The number of nitrogens with one attached hydrogen (secondary N) is 1. The number of thiophene rings is 1. The van der Waals surface area contributed by atoms with Crippen LogP contribution in [0.2, 0.25) is 0 Å². The summed E-state index contributed by atoms with van der Waals surface area (Å²) in [4.78, 5) is 25.0. The third-order valence-electron chi connectivity index (χ3n) is 4.26. The fraction of sp³-hybridized carbons (Fsp3) is 0. The van der Waals surface area contributed by atoms with E-state index in [1.54, 1.807) is 42.5 Å². The van der Waals surface area contributed by atoms with E-state index in [-0.39, 0.29) is 29.3 Å². The number of carboxylic acid groups (broad SMARTS) is 1. The van der Waals surface area contributed by atoms with Crippen LogP contribution in [0.15, 0.2) is 71.5 Å². The van der Waals surface area contributed by atoms with Crippen LogP contribution in [0.5, 0.6) is 0 Å². The molecule has 0 radical (unpaired) electrons. The van der Waals surface area contributed by atoms with Crippen molar-refractivity contribution in [1.82, 2.24) is 4.57 Å². The third kappa shape index (κ3) is 3.70. The number of hydrogen-bond acceptors (Lipinski definition) is 5. The molecule has 8 heteroatoms. The summed E-state index contributed by atoms with van der Waals surface area (Å²) in [5, 5.41) is 22.7. The number of carboxylic acids is 1. The van der Waals surface area contributed by atoms with Crippen molar-refractivity contribution in [3.05, 3.63) is 87.5 Å². The number of aromatic carboxylic acids is 1. The molecule has 4 rings (SSSR count). The van der Waals surface area contributed by atoms with Crippen molar-refractivity contribution in [3.8, 4) is 11.8 Å². The maximum atomic E-state index is 12.5. The number of anilines is 2. The van der Waals surface area contributed by atoms with E-state index >= 15 is 0 Å². The van der Waals surface area contributed by atoms with Crippen LogP contribution in [-0.2, 0) is 0 Å². The first-order valence-electron chi connectivity index (χ1n) is 8.33. The van der Waals surface area contributed by atoms with Crippen LogP contribution in [0, 0.1) is 11.3 Å². The predicted octanol–water partition coefficient (Wildman–Crippen LogP) is 3.72. The zero-order valence-corrected chi connectivity index (χ0v) is 15.2. The van der Waals surface area contributed by atoms with E-state index in [9.17, 15) is 20.0 Å². The molecule has 2 aromatic carbocycles. The molecule has 0 atom stereocenters. The second-order valence-electron chi connectivity index (χ2n) is 5.96. The van der Waals surface area contributed by atoms with Gasteiger partial charge in [0.05, 0.1) is 22.6 Å². The van der Waals surface area contributed by atoms with E-state index in [1.807, 2.05) is 18.2 Å². The first-order chi connectivity index (χ1) is 13.6. The summed E-state index contributed by atoms with van der Waals surface area (Å²) >= 11 is 1.02. The van der Waals surface area contributed by atoms with Gasteiger partial charge in [0, 0.05) is 11.5 Å². The predicted molar refractivity (Wildman–Crippen MR) is 116 cm³/mol. The van der Waals surface area contributed by atoms with Gasteiger partial charge in [0.1, 0.15) is 15.8 Å². The van der Waals surface area contributed by atoms with Crippen molar-refractivity contribution in [2.24, 2.45) is 0 Å². The van der Waals surface area contributed by atoms with Gasteiger partial charge in [0.15, 0.2) is 0 Å². The molecule has 2 aromatic heterocycles. The number of carbonyl (C=O) groups is 1. The average Bonchev–Trinajstić information content (AvgIpc) is 3.07. The van der Waals surface area contributed by atoms with Crippen LogP contribution in [-0.4, -0.2) is 34.5 Å². The molecule has 4 aromatic rings. The van der Waals surface area contributed by atoms with Gasteiger partial charge in [-0.1, -0.05) is 30.3 Å². The molecule has 138 valence electrons. The Morgan fingerprint density at radius 1 is 1.03 bits per heavy atom. The minimum atomic E-state index is -1.11. The van der Waals surface area contributed by atoms with Gasteiger partial charge in [-0.2, -0.15) is 5.26 Å². The molecular weight excluding hydrogens is 381 g/mol. The molecular formula is C21H14LiN3O3S. The Bertz CT molecular complexity index is 1310. The van der Waals surface area contributed by atoms with Crippen molar-refractivity contribution in [2.45, 2.75) is 0 Å². The molecule has 0 aliphatic heterocycles. The molecule has 0 aliphatic rings. The fourth-order valence-corrected chi connectivity index (χ4v) is 4.11. The number of nitrogens with zero attached hydrogens (tertiary/aromatic N) is 2. The molecule has 0 fully saturated rings.